The minimum Gasteiger partial charge on any atom is -0.326 e. The molecule has 4 heteroatoms. The van der Waals surface area contributed by atoms with E-state index in [2.05, 4.69) is 33.0 Å². The van der Waals surface area contributed by atoms with Crippen LogP contribution in [0.1, 0.15) is 46.1 Å². The second-order valence-corrected chi connectivity index (χ2v) is 5.85. The topological polar surface area (TPSA) is 58.4 Å². The summed E-state index contributed by atoms with van der Waals surface area (Å²) in [4.78, 5) is 14.5. The van der Waals surface area contributed by atoms with Gasteiger partial charge in [0.05, 0.1) is 0 Å². The van der Waals surface area contributed by atoms with Crippen molar-refractivity contribution in [2.24, 2.45) is 11.7 Å². The van der Waals surface area contributed by atoms with Crippen molar-refractivity contribution in [2.75, 3.05) is 11.9 Å². The number of nitrogens with zero attached hydrogens (tertiary/aromatic N) is 1. The molecule has 0 spiro atoms. The molecule has 21 heavy (non-hydrogen) atoms. The van der Waals surface area contributed by atoms with E-state index in [4.69, 9.17) is 5.73 Å². The van der Waals surface area contributed by atoms with Crippen LogP contribution in [0, 0.1) is 5.92 Å². The molecule has 1 aromatic carbocycles. The highest BCUT2D eigenvalue weighted by Gasteiger charge is 2.22. The monoisotopic (exact) mass is 291 g/mol. The molecule has 0 aliphatic carbocycles. The standard InChI is InChI=1S/C17H29N3O/c1-5-16(6-2)20(12-13(3)4)17(21)19-15-9-7-8-14(10-15)11-18/h7-10,13,16H,5-6,11-12,18H2,1-4H3,(H,19,21). The Hall–Kier alpha value is -1.55. The number of hydrogen-bond donors (Lipinski definition) is 2. The Kier molecular flexibility index (Phi) is 7.23. The van der Waals surface area contributed by atoms with Gasteiger partial charge in [0.1, 0.15) is 0 Å². The smallest absolute Gasteiger partial charge is 0.322 e. The van der Waals surface area contributed by atoms with Crippen molar-refractivity contribution in [1.29, 1.82) is 0 Å². The van der Waals surface area contributed by atoms with Crippen LogP contribution in [0.3, 0.4) is 0 Å². The van der Waals surface area contributed by atoms with Crippen molar-refractivity contribution >= 4 is 11.7 Å². The molecule has 3 N–H and O–H groups in total. The third kappa shape index (κ3) is 5.38. The highest BCUT2D eigenvalue weighted by Crippen LogP contribution is 2.16. The summed E-state index contributed by atoms with van der Waals surface area (Å²) >= 11 is 0. The van der Waals surface area contributed by atoms with Gasteiger partial charge in [-0.25, -0.2) is 4.79 Å². The van der Waals surface area contributed by atoms with Crippen LogP contribution >= 0.6 is 0 Å². The molecule has 0 saturated carbocycles. The van der Waals surface area contributed by atoms with Gasteiger partial charge in [-0.05, 0) is 36.5 Å². The number of rotatable bonds is 7. The van der Waals surface area contributed by atoms with Crippen molar-refractivity contribution in [2.45, 2.75) is 53.1 Å². The number of nitrogens with two attached hydrogens (primary N) is 1. The Morgan fingerprint density at radius 2 is 1.95 bits per heavy atom. The second kappa shape index (κ2) is 8.67. The van der Waals surface area contributed by atoms with Crippen LogP contribution in [0.5, 0.6) is 0 Å². The average Bonchev–Trinajstić information content (AvgIpc) is 2.47. The first-order valence-electron chi connectivity index (χ1n) is 7.88. The van der Waals surface area contributed by atoms with E-state index in [1.165, 1.54) is 0 Å². The normalized spacial score (nSPS) is 11.0. The van der Waals surface area contributed by atoms with E-state index >= 15 is 0 Å². The highest BCUT2D eigenvalue weighted by molar-refractivity contribution is 5.89. The minimum absolute atomic E-state index is 0.0217. The maximum absolute atomic E-state index is 12.6. The zero-order chi connectivity index (χ0) is 15.8. The molecule has 0 atom stereocenters. The van der Waals surface area contributed by atoms with Crippen LogP contribution in [0.2, 0.25) is 0 Å². The summed E-state index contributed by atoms with van der Waals surface area (Å²) in [6.07, 6.45) is 1.94. The summed E-state index contributed by atoms with van der Waals surface area (Å²) in [5.74, 6) is 0.451. The number of carbonyl (C=O) groups excluding carboxylic acids is 1. The fourth-order valence-electron chi connectivity index (χ4n) is 2.49. The van der Waals surface area contributed by atoms with E-state index in [0.717, 1.165) is 30.6 Å². The minimum atomic E-state index is -0.0217. The van der Waals surface area contributed by atoms with Crippen molar-refractivity contribution < 1.29 is 4.79 Å². The van der Waals surface area contributed by atoms with Gasteiger partial charge >= 0.3 is 6.03 Å². The Labute approximate surface area is 128 Å². The number of nitrogens with one attached hydrogen (secondary N) is 1. The number of amides is 2. The Balaban J connectivity index is 2.84. The van der Waals surface area contributed by atoms with E-state index in [1.54, 1.807) is 0 Å². The SMILES string of the molecule is CCC(CC)N(CC(C)C)C(=O)Nc1cccc(CN)c1. The van der Waals surface area contributed by atoms with Gasteiger partial charge in [0.25, 0.3) is 0 Å². The molecular formula is C17H29N3O. The fourth-order valence-corrected chi connectivity index (χ4v) is 2.49. The van der Waals surface area contributed by atoms with E-state index in [-0.39, 0.29) is 12.1 Å². The lowest BCUT2D eigenvalue weighted by Crippen LogP contribution is -2.44. The summed E-state index contributed by atoms with van der Waals surface area (Å²) in [7, 11) is 0. The van der Waals surface area contributed by atoms with Gasteiger partial charge in [0.2, 0.25) is 0 Å². The summed E-state index contributed by atoms with van der Waals surface area (Å²) in [6, 6.07) is 7.97. The second-order valence-electron chi connectivity index (χ2n) is 5.85. The lowest BCUT2D eigenvalue weighted by Gasteiger charge is -2.32. The number of hydrogen-bond acceptors (Lipinski definition) is 2. The predicted octanol–water partition coefficient (Wildman–Crippen LogP) is 3.82. The van der Waals surface area contributed by atoms with Crippen molar-refractivity contribution in [3.05, 3.63) is 29.8 Å². The third-order valence-corrected chi connectivity index (χ3v) is 3.62. The number of carbonyl (C=O) groups is 1. The van der Waals surface area contributed by atoms with Crippen molar-refractivity contribution in [3.8, 4) is 0 Å². The van der Waals surface area contributed by atoms with Crippen molar-refractivity contribution in [3.63, 3.8) is 0 Å². The third-order valence-electron chi connectivity index (χ3n) is 3.62. The van der Waals surface area contributed by atoms with Crippen LogP contribution in [0.15, 0.2) is 24.3 Å². The van der Waals surface area contributed by atoms with Crippen LogP contribution in [0.4, 0.5) is 10.5 Å². The van der Waals surface area contributed by atoms with Gasteiger partial charge in [-0.2, -0.15) is 0 Å². The van der Waals surface area contributed by atoms with Crippen LogP contribution < -0.4 is 11.1 Å². The Morgan fingerprint density at radius 3 is 2.48 bits per heavy atom. The summed E-state index contributed by atoms with van der Waals surface area (Å²) in [6.45, 7) is 9.78. The molecule has 0 bridgehead atoms. The van der Waals surface area contributed by atoms with Gasteiger partial charge < -0.3 is 16.0 Å². The molecule has 118 valence electrons. The summed E-state index contributed by atoms with van der Waals surface area (Å²) in [5, 5.41) is 3.00. The van der Waals surface area contributed by atoms with Crippen LogP contribution in [-0.4, -0.2) is 23.5 Å². The van der Waals surface area contributed by atoms with Crippen LogP contribution in [-0.2, 0) is 6.54 Å². The molecule has 0 aromatic heterocycles. The zero-order valence-electron chi connectivity index (χ0n) is 13.7. The molecular weight excluding hydrogens is 262 g/mol. The van der Waals surface area contributed by atoms with E-state index < -0.39 is 0 Å². The molecule has 4 nitrogen and oxygen atoms in total. The van der Waals surface area contributed by atoms with Gasteiger partial charge in [-0.3, -0.25) is 0 Å². The Morgan fingerprint density at radius 1 is 1.29 bits per heavy atom. The van der Waals surface area contributed by atoms with E-state index in [0.29, 0.717) is 12.5 Å². The number of anilines is 1. The van der Waals surface area contributed by atoms with E-state index in [1.807, 2.05) is 29.2 Å². The first-order valence-corrected chi connectivity index (χ1v) is 7.88. The van der Waals surface area contributed by atoms with Gasteiger partial charge in [-0.1, -0.05) is 39.8 Å². The molecule has 2 amide bonds. The molecule has 0 unspecified atom stereocenters. The van der Waals surface area contributed by atoms with Gasteiger partial charge in [-0.15, -0.1) is 0 Å². The molecule has 1 aromatic rings. The van der Waals surface area contributed by atoms with Gasteiger partial charge in [0, 0.05) is 24.8 Å². The average molecular weight is 291 g/mol. The molecule has 0 heterocycles. The molecule has 0 fully saturated rings. The lowest BCUT2D eigenvalue weighted by atomic mass is 10.1. The predicted molar refractivity (Wildman–Crippen MR) is 89.3 cm³/mol. The maximum atomic E-state index is 12.6. The molecule has 1 rings (SSSR count). The highest BCUT2D eigenvalue weighted by atomic mass is 16.2. The first kappa shape index (κ1) is 17.5. The number of urea groups is 1. The fraction of sp³-hybridized carbons (Fsp3) is 0.588. The lowest BCUT2D eigenvalue weighted by molar-refractivity contribution is 0.173. The summed E-state index contributed by atoms with van der Waals surface area (Å²) in [5.41, 5.74) is 7.47. The zero-order valence-corrected chi connectivity index (χ0v) is 13.7. The summed E-state index contributed by atoms with van der Waals surface area (Å²) < 4.78 is 0. The quantitative estimate of drug-likeness (QED) is 0.802. The van der Waals surface area contributed by atoms with Gasteiger partial charge in [0.15, 0.2) is 0 Å². The maximum Gasteiger partial charge on any atom is 0.322 e. The van der Waals surface area contributed by atoms with Crippen molar-refractivity contribution in [1.82, 2.24) is 4.90 Å². The Bertz CT molecular complexity index is 441. The molecule has 0 aliphatic heterocycles. The number of benzene rings is 1. The van der Waals surface area contributed by atoms with Crippen LogP contribution in [0.25, 0.3) is 0 Å². The molecule has 0 aliphatic rings. The molecule has 0 saturated heterocycles. The van der Waals surface area contributed by atoms with E-state index in [9.17, 15) is 4.79 Å². The molecule has 0 radical (unpaired) electrons. The largest absolute Gasteiger partial charge is 0.326 e. The first-order chi connectivity index (χ1) is 10.0.